The molecule has 108 valence electrons. The Morgan fingerprint density at radius 3 is 2.56 bits per heavy atom. The van der Waals surface area contributed by atoms with Crippen molar-refractivity contribution >= 4 is 11.6 Å². The average Bonchev–Trinajstić information content (AvgIpc) is 2.33. The number of unbranched alkanes of at least 4 members (excludes halogenated alkanes) is 1. The maximum atomic E-state index is 13.5. The van der Waals surface area contributed by atoms with Crippen molar-refractivity contribution in [3.8, 4) is 0 Å². The zero-order valence-electron chi connectivity index (χ0n) is 11.8. The van der Waals surface area contributed by atoms with Crippen molar-refractivity contribution in [3.63, 3.8) is 0 Å². The third-order valence-electron chi connectivity index (χ3n) is 4.56. The highest BCUT2D eigenvalue weighted by molar-refractivity contribution is 6.18. The smallest absolute Gasteiger partial charge is 0.207 e. The van der Waals surface area contributed by atoms with E-state index in [-0.39, 0.29) is 24.2 Å². The lowest BCUT2D eigenvalue weighted by Gasteiger charge is -2.38. The number of alkyl halides is 3. The summed E-state index contributed by atoms with van der Waals surface area (Å²) in [4.78, 5) is 0. The zero-order valence-corrected chi connectivity index (χ0v) is 12.5. The van der Waals surface area contributed by atoms with E-state index >= 15 is 0 Å². The minimum Gasteiger partial charge on any atom is -0.207 e. The number of rotatable bonds is 7. The maximum Gasteiger partial charge on any atom is 0.248 e. The summed E-state index contributed by atoms with van der Waals surface area (Å²) in [5.41, 5.74) is 0.0929. The van der Waals surface area contributed by atoms with Crippen molar-refractivity contribution in [2.45, 2.75) is 77.6 Å². The molecular formula is C15H27ClF2. The molecule has 18 heavy (non-hydrogen) atoms. The molecule has 0 spiro atoms. The van der Waals surface area contributed by atoms with Crippen LogP contribution in [-0.2, 0) is 0 Å². The van der Waals surface area contributed by atoms with Gasteiger partial charge in [0.25, 0.3) is 0 Å². The van der Waals surface area contributed by atoms with Crippen LogP contribution in [0.25, 0.3) is 0 Å². The summed E-state index contributed by atoms with van der Waals surface area (Å²) in [5, 5.41) is 0. The summed E-state index contributed by atoms with van der Waals surface area (Å²) in [6.45, 7) is 4.32. The van der Waals surface area contributed by atoms with Crippen molar-refractivity contribution in [3.05, 3.63) is 0 Å². The van der Waals surface area contributed by atoms with E-state index < -0.39 is 5.92 Å². The van der Waals surface area contributed by atoms with Gasteiger partial charge >= 0.3 is 0 Å². The van der Waals surface area contributed by atoms with Crippen molar-refractivity contribution in [1.82, 2.24) is 0 Å². The Balaban J connectivity index is 2.59. The van der Waals surface area contributed by atoms with E-state index in [0.717, 1.165) is 38.5 Å². The molecule has 3 heteroatoms. The standard InChI is InChI=1S/C15H27ClF2/c1-3-5-8-14(4-2,12-16)10-13-7-6-9-15(17,18)11-13/h13H,3-12H2,1-2H3. The number of hydrogen-bond donors (Lipinski definition) is 0. The fourth-order valence-corrected chi connectivity index (χ4v) is 3.68. The Kier molecular flexibility index (Phi) is 6.37. The second kappa shape index (κ2) is 7.07. The van der Waals surface area contributed by atoms with Crippen LogP contribution in [0.4, 0.5) is 8.78 Å². The molecule has 0 bridgehead atoms. The maximum absolute atomic E-state index is 13.5. The first-order valence-electron chi connectivity index (χ1n) is 7.41. The first-order valence-corrected chi connectivity index (χ1v) is 7.94. The second-order valence-electron chi connectivity index (χ2n) is 6.11. The molecule has 1 aliphatic carbocycles. The van der Waals surface area contributed by atoms with Crippen molar-refractivity contribution in [2.24, 2.45) is 11.3 Å². The van der Waals surface area contributed by atoms with E-state index in [0.29, 0.717) is 12.3 Å². The fourth-order valence-electron chi connectivity index (χ4n) is 3.25. The predicted molar refractivity (Wildman–Crippen MR) is 74.5 cm³/mol. The Hall–Kier alpha value is 0.150. The Morgan fingerprint density at radius 2 is 2.06 bits per heavy atom. The lowest BCUT2D eigenvalue weighted by Crippen LogP contribution is -2.32. The molecule has 0 nitrogen and oxygen atoms in total. The van der Waals surface area contributed by atoms with Crippen molar-refractivity contribution in [1.29, 1.82) is 0 Å². The van der Waals surface area contributed by atoms with Gasteiger partial charge in [-0.25, -0.2) is 8.78 Å². The fraction of sp³-hybridized carbons (Fsp3) is 1.00. The van der Waals surface area contributed by atoms with Gasteiger partial charge in [0, 0.05) is 18.7 Å². The molecule has 0 aromatic rings. The van der Waals surface area contributed by atoms with Gasteiger partial charge in [0.05, 0.1) is 0 Å². The van der Waals surface area contributed by atoms with Gasteiger partial charge in [-0.05, 0) is 43.4 Å². The van der Waals surface area contributed by atoms with E-state index in [1.54, 1.807) is 0 Å². The largest absolute Gasteiger partial charge is 0.248 e. The van der Waals surface area contributed by atoms with Crippen LogP contribution in [0.1, 0.15) is 71.6 Å². The molecule has 0 aromatic carbocycles. The quantitative estimate of drug-likeness (QED) is 0.500. The number of hydrogen-bond acceptors (Lipinski definition) is 0. The summed E-state index contributed by atoms with van der Waals surface area (Å²) in [6.07, 6.45) is 7.10. The van der Waals surface area contributed by atoms with Gasteiger partial charge < -0.3 is 0 Å². The molecular weight excluding hydrogens is 254 g/mol. The van der Waals surface area contributed by atoms with Crippen molar-refractivity contribution in [2.75, 3.05) is 5.88 Å². The van der Waals surface area contributed by atoms with Gasteiger partial charge in [-0.2, -0.15) is 0 Å². The molecule has 1 rings (SSSR count). The van der Waals surface area contributed by atoms with Gasteiger partial charge in [0.2, 0.25) is 5.92 Å². The van der Waals surface area contributed by atoms with Crippen molar-refractivity contribution < 1.29 is 8.78 Å². The molecule has 0 radical (unpaired) electrons. The van der Waals surface area contributed by atoms with Gasteiger partial charge in [-0.15, -0.1) is 11.6 Å². The highest BCUT2D eigenvalue weighted by atomic mass is 35.5. The summed E-state index contributed by atoms with van der Waals surface area (Å²) in [6, 6.07) is 0. The topological polar surface area (TPSA) is 0 Å². The Bertz CT molecular complexity index is 237. The van der Waals surface area contributed by atoms with Crippen LogP contribution in [-0.4, -0.2) is 11.8 Å². The lowest BCUT2D eigenvalue weighted by molar-refractivity contribution is -0.0593. The predicted octanol–water partition coefficient (Wildman–Crippen LogP) is 6.03. The number of halogens is 3. The summed E-state index contributed by atoms with van der Waals surface area (Å²) < 4.78 is 26.9. The van der Waals surface area contributed by atoms with Crippen LogP contribution in [0, 0.1) is 11.3 Å². The molecule has 1 aliphatic rings. The van der Waals surface area contributed by atoms with Gasteiger partial charge in [-0.1, -0.05) is 26.7 Å². The van der Waals surface area contributed by atoms with E-state index in [1.807, 2.05) is 0 Å². The lowest BCUT2D eigenvalue weighted by atomic mass is 9.71. The van der Waals surface area contributed by atoms with Gasteiger partial charge in [-0.3, -0.25) is 0 Å². The molecule has 2 unspecified atom stereocenters. The van der Waals surface area contributed by atoms with E-state index in [1.165, 1.54) is 0 Å². The third-order valence-corrected chi connectivity index (χ3v) is 5.12. The highest BCUT2D eigenvalue weighted by Crippen LogP contribution is 2.45. The first-order chi connectivity index (χ1) is 8.47. The van der Waals surface area contributed by atoms with Crippen LogP contribution in [0.15, 0.2) is 0 Å². The molecule has 0 amide bonds. The Labute approximate surface area is 115 Å². The van der Waals surface area contributed by atoms with Gasteiger partial charge in [0.1, 0.15) is 0 Å². The summed E-state index contributed by atoms with van der Waals surface area (Å²) in [5.74, 6) is -1.64. The molecule has 0 N–H and O–H groups in total. The van der Waals surface area contributed by atoms with Crippen LogP contribution in [0.3, 0.4) is 0 Å². The molecule has 0 heterocycles. The third kappa shape index (κ3) is 4.68. The minimum absolute atomic E-state index is 0.0811. The van der Waals surface area contributed by atoms with E-state index in [9.17, 15) is 8.78 Å². The molecule has 0 saturated heterocycles. The monoisotopic (exact) mass is 280 g/mol. The minimum atomic E-state index is -2.43. The van der Waals surface area contributed by atoms with Crippen LogP contribution in [0.2, 0.25) is 0 Å². The van der Waals surface area contributed by atoms with E-state index in [2.05, 4.69) is 13.8 Å². The molecule has 1 fully saturated rings. The van der Waals surface area contributed by atoms with E-state index in [4.69, 9.17) is 11.6 Å². The molecule has 2 atom stereocenters. The normalized spacial score (nSPS) is 26.8. The zero-order chi connectivity index (χ0) is 13.6. The summed E-state index contributed by atoms with van der Waals surface area (Å²) >= 11 is 6.16. The molecule has 0 aliphatic heterocycles. The summed E-state index contributed by atoms with van der Waals surface area (Å²) in [7, 11) is 0. The van der Waals surface area contributed by atoms with Gasteiger partial charge in [0.15, 0.2) is 0 Å². The van der Waals surface area contributed by atoms with Crippen LogP contribution < -0.4 is 0 Å². The van der Waals surface area contributed by atoms with Crippen LogP contribution in [0.5, 0.6) is 0 Å². The average molecular weight is 281 g/mol. The SMILES string of the molecule is CCCCC(CC)(CCl)CC1CCCC(F)(F)C1. The second-order valence-corrected chi connectivity index (χ2v) is 6.38. The van der Waals surface area contributed by atoms with Crippen LogP contribution >= 0.6 is 11.6 Å². The molecule has 1 saturated carbocycles. The Morgan fingerprint density at radius 1 is 1.33 bits per heavy atom. The highest BCUT2D eigenvalue weighted by Gasteiger charge is 2.39. The molecule has 0 aromatic heterocycles. The first kappa shape index (κ1) is 16.2.